The Bertz CT molecular complexity index is 3970. The standard InChI is InChI=1S/C64H34N8/c1-68-52-13-5-11-45(29-52)49-17-21-56-57-22-18-50(46-12-6-14-53(30-46)69-2)34-62(57)72(61(56)33-49)64-36-51(42-23-25-70-26-24-42)35-63(58(64)39-67)71-59-31-47(43-9-3-7-40(27-43)37-65)15-19-54(59)55-20-16-48(32-60(55)71)44-10-4-8-41(28-44)38-66/h3-36H. The summed E-state index contributed by atoms with van der Waals surface area (Å²) in [5.74, 6) is 0. The number of aromatic nitrogens is 3. The van der Waals surface area contributed by atoms with Crippen LogP contribution in [0.4, 0.5) is 11.4 Å². The van der Waals surface area contributed by atoms with Crippen LogP contribution in [-0.4, -0.2) is 14.1 Å². The molecule has 12 aromatic rings. The Balaban J connectivity index is 1.22. The Morgan fingerprint density at radius 3 is 1.07 bits per heavy atom. The first-order valence-electron chi connectivity index (χ1n) is 23.1. The van der Waals surface area contributed by atoms with Gasteiger partial charge in [0.05, 0.1) is 69.9 Å². The minimum atomic E-state index is 0.417. The van der Waals surface area contributed by atoms with Crippen LogP contribution < -0.4 is 0 Å². The number of hydrogen-bond acceptors (Lipinski definition) is 4. The summed E-state index contributed by atoms with van der Waals surface area (Å²) in [7, 11) is 0. The molecule has 12 rings (SSSR count). The Kier molecular flexibility index (Phi) is 10.3. The fourth-order valence-electron chi connectivity index (χ4n) is 10.1. The maximum atomic E-state index is 11.9. The zero-order valence-electron chi connectivity index (χ0n) is 38.2. The number of benzene rings is 9. The highest BCUT2D eigenvalue weighted by Crippen LogP contribution is 2.44. The molecule has 0 fully saturated rings. The first-order valence-corrected chi connectivity index (χ1v) is 23.1. The maximum absolute atomic E-state index is 11.9. The lowest BCUT2D eigenvalue weighted by molar-refractivity contribution is 1.12. The largest absolute Gasteiger partial charge is 0.308 e. The average molecular weight is 915 g/mol. The molecule has 330 valence electrons. The first kappa shape index (κ1) is 42.5. The van der Waals surface area contributed by atoms with Crippen molar-refractivity contribution in [1.82, 2.24) is 14.1 Å². The van der Waals surface area contributed by atoms with Gasteiger partial charge in [-0.25, -0.2) is 9.69 Å². The third-order valence-electron chi connectivity index (χ3n) is 13.5. The average Bonchev–Trinajstić information content (AvgIpc) is 3.96. The summed E-state index contributed by atoms with van der Waals surface area (Å²) in [6, 6.07) is 71.1. The maximum Gasteiger partial charge on any atom is 0.187 e. The van der Waals surface area contributed by atoms with E-state index in [1.807, 2.05) is 84.9 Å². The van der Waals surface area contributed by atoms with Crippen LogP contribution in [0.2, 0.25) is 0 Å². The van der Waals surface area contributed by atoms with E-state index >= 15 is 0 Å². The molecule has 0 aliphatic heterocycles. The second kappa shape index (κ2) is 17.4. The molecule has 72 heavy (non-hydrogen) atoms. The highest BCUT2D eigenvalue weighted by Gasteiger charge is 2.24. The summed E-state index contributed by atoms with van der Waals surface area (Å²) < 4.78 is 4.37. The van der Waals surface area contributed by atoms with Crippen LogP contribution in [0.25, 0.3) is 120 Å². The molecule has 8 nitrogen and oxygen atoms in total. The molecule has 0 amide bonds. The van der Waals surface area contributed by atoms with Crippen molar-refractivity contribution in [1.29, 1.82) is 15.8 Å². The van der Waals surface area contributed by atoms with Crippen molar-refractivity contribution in [2.45, 2.75) is 0 Å². The summed E-state index contributed by atoms with van der Waals surface area (Å²) in [5, 5.41) is 35.6. The molecule has 0 N–H and O–H groups in total. The van der Waals surface area contributed by atoms with Gasteiger partial charge in [-0.2, -0.15) is 15.8 Å². The molecule has 8 heteroatoms. The van der Waals surface area contributed by atoms with Crippen LogP contribution in [0.5, 0.6) is 0 Å². The van der Waals surface area contributed by atoms with Crippen LogP contribution >= 0.6 is 0 Å². The molecule has 0 atom stereocenters. The van der Waals surface area contributed by atoms with Crippen molar-refractivity contribution in [3.05, 3.63) is 246 Å². The van der Waals surface area contributed by atoms with Crippen molar-refractivity contribution in [3.63, 3.8) is 0 Å². The monoisotopic (exact) mass is 914 g/mol. The minimum absolute atomic E-state index is 0.417. The smallest absolute Gasteiger partial charge is 0.187 e. The second-order valence-corrected chi connectivity index (χ2v) is 17.5. The van der Waals surface area contributed by atoms with Gasteiger partial charge in [-0.3, -0.25) is 4.98 Å². The van der Waals surface area contributed by atoms with E-state index in [1.54, 1.807) is 36.7 Å². The molecule has 3 heterocycles. The van der Waals surface area contributed by atoms with Gasteiger partial charge in [0.25, 0.3) is 0 Å². The molecule has 3 aromatic heterocycles. The summed E-state index contributed by atoms with van der Waals surface area (Å²) in [6.07, 6.45) is 3.54. The van der Waals surface area contributed by atoms with E-state index in [1.165, 1.54) is 0 Å². The predicted molar refractivity (Wildman–Crippen MR) is 287 cm³/mol. The number of fused-ring (bicyclic) bond motifs is 6. The fourth-order valence-corrected chi connectivity index (χ4v) is 10.1. The number of hydrogen-bond donors (Lipinski definition) is 0. The van der Waals surface area contributed by atoms with Crippen molar-refractivity contribution in [3.8, 4) is 85.2 Å². The van der Waals surface area contributed by atoms with E-state index in [2.05, 4.69) is 127 Å². The SMILES string of the molecule is [C-]#[N+]c1cccc(-c2ccc3c4ccc(-c5cccc([N+]#[C-])c5)cc4n(-c4cc(-c5ccncc5)cc(-n5c6cc(-c7cccc(C#N)c7)ccc6c6ccc(-c7cccc(C#N)c7)cc65)c4C#N)c3c2)c1. The zero-order chi connectivity index (χ0) is 48.9. The molecular formula is C64H34N8. The number of nitrogens with zero attached hydrogens (tertiary/aromatic N) is 8. The van der Waals surface area contributed by atoms with Gasteiger partial charge in [0, 0.05) is 33.9 Å². The van der Waals surface area contributed by atoms with Crippen molar-refractivity contribution in [2.75, 3.05) is 0 Å². The third-order valence-corrected chi connectivity index (χ3v) is 13.5. The molecule has 0 aliphatic carbocycles. The summed E-state index contributed by atoms with van der Waals surface area (Å²) in [5.41, 5.74) is 16.2. The van der Waals surface area contributed by atoms with Crippen molar-refractivity contribution < 1.29 is 0 Å². The minimum Gasteiger partial charge on any atom is -0.308 e. The van der Waals surface area contributed by atoms with Crippen LogP contribution in [-0.2, 0) is 0 Å². The van der Waals surface area contributed by atoms with E-state index in [4.69, 9.17) is 13.1 Å². The predicted octanol–water partition coefficient (Wildman–Crippen LogP) is 16.3. The fraction of sp³-hybridized carbons (Fsp3) is 0. The van der Waals surface area contributed by atoms with Crippen LogP contribution in [0.3, 0.4) is 0 Å². The lowest BCUT2D eigenvalue weighted by atomic mass is 10.00. The Morgan fingerprint density at radius 1 is 0.347 bits per heavy atom. The highest BCUT2D eigenvalue weighted by atomic mass is 15.0. The van der Waals surface area contributed by atoms with Gasteiger partial charge < -0.3 is 9.13 Å². The van der Waals surface area contributed by atoms with E-state index in [9.17, 15) is 15.8 Å². The molecule has 0 unspecified atom stereocenters. The summed E-state index contributed by atoms with van der Waals surface area (Å²) in [4.78, 5) is 11.8. The molecule has 0 saturated carbocycles. The molecule has 0 spiro atoms. The van der Waals surface area contributed by atoms with Crippen LogP contribution in [0, 0.1) is 47.1 Å². The Hall–Kier alpha value is -10.8. The summed E-state index contributed by atoms with van der Waals surface area (Å²) >= 11 is 0. The zero-order valence-corrected chi connectivity index (χ0v) is 38.2. The number of pyridine rings is 1. The van der Waals surface area contributed by atoms with Crippen molar-refractivity contribution >= 4 is 55.0 Å². The van der Waals surface area contributed by atoms with E-state index < -0.39 is 0 Å². The topological polar surface area (TPSA) is 103 Å². The van der Waals surface area contributed by atoms with Gasteiger partial charge in [0.15, 0.2) is 11.4 Å². The lowest BCUT2D eigenvalue weighted by Crippen LogP contribution is -2.05. The van der Waals surface area contributed by atoms with Gasteiger partial charge in [-0.1, -0.05) is 109 Å². The first-order chi connectivity index (χ1) is 35.4. The van der Waals surface area contributed by atoms with E-state index in [0.717, 1.165) is 99.2 Å². The van der Waals surface area contributed by atoms with Crippen LogP contribution in [0.15, 0.2) is 207 Å². The quantitative estimate of drug-likeness (QED) is 0.149. The molecule has 0 bridgehead atoms. The lowest BCUT2D eigenvalue weighted by Gasteiger charge is -2.19. The van der Waals surface area contributed by atoms with Gasteiger partial charge >= 0.3 is 0 Å². The highest BCUT2D eigenvalue weighted by molar-refractivity contribution is 6.13. The number of nitriles is 3. The molecule has 9 aromatic carbocycles. The normalized spacial score (nSPS) is 11.0. The van der Waals surface area contributed by atoms with Crippen molar-refractivity contribution in [2.24, 2.45) is 0 Å². The molecule has 0 aliphatic rings. The summed E-state index contributed by atoms with van der Waals surface area (Å²) in [6.45, 7) is 15.5. The molecular weight excluding hydrogens is 881 g/mol. The Labute approximate surface area is 414 Å². The third kappa shape index (κ3) is 7.17. The van der Waals surface area contributed by atoms with E-state index in [-0.39, 0.29) is 0 Å². The number of rotatable bonds is 7. The van der Waals surface area contributed by atoms with Gasteiger partial charge in [-0.05, 0) is 141 Å². The van der Waals surface area contributed by atoms with Gasteiger partial charge in [-0.15, -0.1) is 0 Å². The van der Waals surface area contributed by atoms with Crippen LogP contribution in [0.1, 0.15) is 16.7 Å². The molecule has 0 saturated heterocycles. The van der Waals surface area contributed by atoms with Gasteiger partial charge in [0.1, 0.15) is 11.6 Å². The van der Waals surface area contributed by atoms with Gasteiger partial charge in [0.2, 0.25) is 0 Å². The molecule has 0 radical (unpaired) electrons. The second-order valence-electron chi connectivity index (χ2n) is 17.5. The Morgan fingerprint density at radius 2 is 0.708 bits per heavy atom. The van der Waals surface area contributed by atoms with E-state index in [0.29, 0.717) is 39.4 Å².